The van der Waals surface area contributed by atoms with Crippen LogP contribution in [-0.2, 0) is 21.2 Å². The minimum absolute atomic E-state index is 0.0434. The van der Waals surface area contributed by atoms with Crippen LogP contribution in [0.2, 0.25) is 0 Å². The van der Waals surface area contributed by atoms with Gasteiger partial charge in [0.1, 0.15) is 24.7 Å². The second-order valence-electron chi connectivity index (χ2n) is 10.5. The fraction of sp³-hybridized carbons (Fsp3) is 0.387. The maximum Gasteiger partial charge on any atom is 0.307 e. The number of hydrogen-bond donors (Lipinski definition) is 2. The van der Waals surface area contributed by atoms with Crippen molar-refractivity contribution in [2.24, 2.45) is 0 Å². The van der Waals surface area contributed by atoms with Crippen LogP contribution in [0.3, 0.4) is 0 Å². The molecule has 210 valence electrons. The van der Waals surface area contributed by atoms with Crippen LogP contribution in [-0.4, -0.2) is 32.7 Å². The lowest BCUT2D eigenvalue weighted by Crippen LogP contribution is -2.19. The fourth-order valence-electron chi connectivity index (χ4n) is 4.29. The number of para-hydroxylation sites is 1. The van der Waals surface area contributed by atoms with Gasteiger partial charge in [0.15, 0.2) is 0 Å². The van der Waals surface area contributed by atoms with E-state index in [9.17, 15) is 13.2 Å². The molecule has 7 nitrogen and oxygen atoms in total. The van der Waals surface area contributed by atoms with Crippen molar-refractivity contribution in [2.75, 3.05) is 17.9 Å². The number of carboxylic acid groups (broad SMARTS) is 1. The molecule has 2 N–H and O–H groups in total. The summed E-state index contributed by atoms with van der Waals surface area (Å²) in [6.07, 6.45) is -0.117. The van der Waals surface area contributed by atoms with Crippen molar-refractivity contribution in [3.05, 3.63) is 82.9 Å². The molecule has 3 aromatic rings. The number of aliphatic carboxylic acids is 1. The van der Waals surface area contributed by atoms with Gasteiger partial charge >= 0.3 is 5.97 Å². The molecule has 0 saturated heterocycles. The van der Waals surface area contributed by atoms with Crippen LogP contribution >= 0.6 is 0 Å². The zero-order valence-corrected chi connectivity index (χ0v) is 24.3. The number of anilines is 1. The molecule has 8 heteroatoms. The maximum absolute atomic E-state index is 13.7. The standard InChI is InChI=1S/C31H39NO6S/c1-20(2)24-17-27(21(3)4)31(28(18-24)22(5)6)39(35,36)32-25-11-13-26(14-12-25)37-15-16-38-29-10-8-7-9-23(29)19-30(33)34/h7-14,17-18,20-22,32H,15-16,19H2,1-6H3,(H,33,34). The molecule has 0 spiro atoms. The van der Waals surface area contributed by atoms with E-state index in [1.165, 1.54) is 0 Å². The Morgan fingerprint density at radius 2 is 1.38 bits per heavy atom. The molecule has 0 radical (unpaired) electrons. The number of ether oxygens (including phenoxy) is 2. The average molecular weight is 554 g/mol. The lowest BCUT2D eigenvalue weighted by molar-refractivity contribution is -0.136. The smallest absolute Gasteiger partial charge is 0.307 e. The Morgan fingerprint density at radius 1 is 0.821 bits per heavy atom. The van der Waals surface area contributed by atoms with Crippen molar-refractivity contribution in [3.63, 3.8) is 0 Å². The van der Waals surface area contributed by atoms with E-state index in [4.69, 9.17) is 14.6 Å². The Bertz CT molecular complexity index is 1350. The quantitative estimate of drug-likeness (QED) is 0.222. The van der Waals surface area contributed by atoms with Gasteiger partial charge in [-0.3, -0.25) is 9.52 Å². The highest BCUT2D eigenvalue weighted by molar-refractivity contribution is 7.92. The van der Waals surface area contributed by atoms with Crippen molar-refractivity contribution in [3.8, 4) is 11.5 Å². The normalized spacial score (nSPS) is 11.7. The minimum Gasteiger partial charge on any atom is -0.490 e. The van der Waals surface area contributed by atoms with E-state index < -0.39 is 16.0 Å². The van der Waals surface area contributed by atoms with Crippen LogP contribution in [0.15, 0.2) is 65.6 Å². The van der Waals surface area contributed by atoms with E-state index in [0.717, 1.165) is 16.7 Å². The molecular formula is C31H39NO6S. The van der Waals surface area contributed by atoms with Gasteiger partial charge < -0.3 is 14.6 Å². The van der Waals surface area contributed by atoms with Gasteiger partial charge in [-0.05, 0) is 64.8 Å². The number of carboxylic acids is 1. The van der Waals surface area contributed by atoms with E-state index in [1.54, 1.807) is 48.5 Å². The third kappa shape index (κ3) is 7.99. The fourth-order valence-corrected chi connectivity index (χ4v) is 6.05. The van der Waals surface area contributed by atoms with Gasteiger partial charge in [0.05, 0.1) is 11.3 Å². The van der Waals surface area contributed by atoms with Crippen LogP contribution in [0.1, 0.15) is 81.5 Å². The summed E-state index contributed by atoms with van der Waals surface area (Å²) in [5, 5.41) is 9.05. The molecule has 0 aliphatic heterocycles. The maximum atomic E-state index is 13.7. The van der Waals surface area contributed by atoms with Gasteiger partial charge in [-0.15, -0.1) is 0 Å². The molecular weight excluding hydrogens is 514 g/mol. The highest BCUT2D eigenvalue weighted by Gasteiger charge is 2.27. The average Bonchev–Trinajstić information content (AvgIpc) is 2.87. The number of carbonyl (C=O) groups is 1. The number of benzene rings is 3. The Labute approximate surface area is 232 Å². The Balaban J connectivity index is 1.70. The molecule has 0 fully saturated rings. The summed E-state index contributed by atoms with van der Waals surface area (Å²) in [5.41, 5.74) is 3.82. The molecule has 0 aliphatic rings. The minimum atomic E-state index is -3.84. The topological polar surface area (TPSA) is 102 Å². The summed E-state index contributed by atoms with van der Waals surface area (Å²) in [7, 11) is -3.84. The number of sulfonamides is 1. The molecule has 3 aromatic carbocycles. The van der Waals surface area contributed by atoms with E-state index >= 15 is 0 Å². The molecule has 3 rings (SSSR count). The molecule has 0 aliphatic carbocycles. The first kappa shape index (κ1) is 30.0. The van der Waals surface area contributed by atoms with Gasteiger partial charge in [0.2, 0.25) is 0 Å². The number of hydrogen-bond acceptors (Lipinski definition) is 5. The first-order valence-electron chi connectivity index (χ1n) is 13.2. The van der Waals surface area contributed by atoms with E-state index in [0.29, 0.717) is 33.6 Å². The Hall–Kier alpha value is -3.52. The first-order chi connectivity index (χ1) is 18.4. The Kier molecular flexibility index (Phi) is 10.0. The van der Waals surface area contributed by atoms with Gasteiger partial charge in [-0.2, -0.15) is 0 Å². The second kappa shape index (κ2) is 13.0. The summed E-state index contributed by atoms with van der Waals surface area (Å²) >= 11 is 0. The summed E-state index contributed by atoms with van der Waals surface area (Å²) in [6, 6.07) is 17.8. The lowest BCUT2D eigenvalue weighted by Gasteiger charge is -2.23. The third-order valence-electron chi connectivity index (χ3n) is 6.38. The largest absolute Gasteiger partial charge is 0.490 e. The van der Waals surface area contributed by atoms with Crippen LogP contribution in [0.25, 0.3) is 0 Å². The molecule has 0 aromatic heterocycles. The summed E-state index contributed by atoms with van der Waals surface area (Å²) in [4.78, 5) is 11.4. The van der Waals surface area contributed by atoms with Crippen molar-refractivity contribution in [2.45, 2.75) is 70.6 Å². The molecule has 0 heterocycles. The zero-order valence-electron chi connectivity index (χ0n) is 23.5. The van der Waals surface area contributed by atoms with Crippen molar-refractivity contribution >= 4 is 21.7 Å². The molecule has 0 amide bonds. The van der Waals surface area contributed by atoms with Crippen LogP contribution in [0.5, 0.6) is 11.5 Å². The zero-order chi connectivity index (χ0) is 28.7. The molecule has 39 heavy (non-hydrogen) atoms. The second-order valence-corrected chi connectivity index (χ2v) is 12.1. The monoisotopic (exact) mass is 553 g/mol. The highest BCUT2D eigenvalue weighted by Crippen LogP contribution is 2.36. The number of nitrogens with one attached hydrogen (secondary N) is 1. The first-order valence-corrected chi connectivity index (χ1v) is 14.7. The van der Waals surface area contributed by atoms with Gasteiger partial charge in [0.25, 0.3) is 10.0 Å². The number of rotatable bonds is 13. The third-order valence-corrected chi connectivity index (χ3v) is 7.89. The van der Waals surface area contributed by atoms with Gasteiger partial charge in [0, 0.05) is 11.3 Å². The van der Waals surface area contributed by atoms with E-state index in [-0.39, 0.29) is 31.5 Å². The molecule has 0 unspecified atom stereocenters. The van der Waals surface area contributed by atoms with Gasteiger partial charge in [-0.25, -0.2) is 8.42 Å². The van der Waals surface area contributed by atoms with Crippen molar-refractivity contribution in [1.29, 1.82) is 0 Å². The highest BCUT2D eigenvalue weighted by atomic mass is 32.2. The summed E-state index contributed by atoms with van der Waals surface area (Å²) < 4.78 is 41.5. The molecule has 0 saturated carbocycles. The summed E-state index contributed by atoms with van der Waals surface area (Å²) in [6.45, 7) is 12.8. The molecule has 0 bridgehead atoms. The van der Waals surface area contributed by atoms with Crippen LogP contribution < -0.4 is 14.2 Å². The lowest BCUT2D eigenvalue weighted by atomic mass is 9.89. The van der Waals surface area contributed by atoms with Crippen LogP contribution in [0, 0.1) is 0 Å². The molecule has 0 atom stereocenters. The van der Waals surface area contributed by atoms with E-state index in [2.05, 4.69) is 18.6 Å². The predicted molar refractivity (Wildman–Crippen MR) is 155 cm³/mol. The van der Waals surface area contributed by atoms with Crippen molar-refractivity contribution in [1.82, 2.24) is 0 Å². The Morgan fingerprint density at radius 3 is 1.92 bits per heavy atom. The predicted octanol–water partition coefficient (Wildman–Crippen LogP) is 6.94. The van der Waals surface area contributed by atoms with Crippen molar-refractivity contribution < 1.29 is 27.8 Å². The van der Waals surface area contributed by atoms with Crippen LogP contribution in [0.4, 0.5) is 5.69 Å². The SMILES string of the molecule is CC(C)c1cc(C(C)C)c(S(=O)(=O)Nc2ccc(OCCOc3ccccc3CC(=O)O)cc2)c(C(C)C)c1. The summed E-state index contributed by atoms with van der Waals surface area (Å²) in [5.74, 6) is 0.529. The van der Waals surface area contributed by atoms with Gasteiger partial charge in [-0.1, -0.05) is 71.9 Å². The van der Waals surface area contributed by atoms with E-state index in [1.807, 2.05) is 39.8 Å².